The highest BCUT2D eigenvalue weighted by Crippen LogP contribution is 2.27. The Kier molecular flexibility index (Phi) is 4.48. The van der Waals surface area contributed by atoms with Gasteiger partial charge in [0.15, 0.2) is 17.7 Å². The lowest BCUT2D eigenvalue weighted by atomic mass is 10.1. The minimum absolute atomic E-state index is 0.0335. The number of benzene rings is 1. The molecular formula is C16H18FN3O4. The molecule has 0 radical (unpaired) electrons. The molecule has 0 bridgehead atoms. The van der Waals surface area contributed by atoms with Gasteiger partial charge in [0, 0.05) is 13.5 Å². The minimum atomic E-state index is -0.672. The van der Waals surface area contributed by atoms with Gasteiger partial charge in [0.05, 0.1) is 25.3 Å². The zero-order valence-electron chi connectivity index (χ0n) is 13.7. The molecule has 0 aliphatic carbocycles. The van der Waals surface area contributed by atoms with Crippen molar-refractivity contribution in [2.24, 2.45) is 0 Å². The number of morpholine rings is 1. The van der Waals surface area contributed by atoms with E-state index in [9.17, 15) is 9.18 Å². The van der Waals surface area contributed by atoms with E-state index in [1.165, 1.54) is 24.1 Å². The van der Waals surface area contributed by atoms with E-state index in [0.29, 0.717) is 18.3 Å². The largest absolute Gasteiger partial charge is 0.494 e. The summed E-state index contributed by atoms with van der Waals surface area (Å²) in [4.78, 5) is 14.2. The molecule has 0 N–H and O–H groups in total. The third kappa shape index (κ3) is 3.09. The van der Waals surface area contributed by atoms with Gasteiger partial charge in [-0.3, -0.25) is 4.79 Å². The molecular weight excluding hydrogens is 317 g/mol. The number of nitrogens with zero attached hydrogens (tertiary/aromatic N) is 3. The monoisotopic (exact) mass is 335 g/mol. The van der Waals surface area contributed by atoms with Gasteiger partial charge in [-0.15, -0.1) is 10.2 Å². The van der Waals surface area contributed by atoms with Crippen LogP contribution in [0.1, 0.15) is 35.2 Å². The first-order valence-corrected chi connectivity index (χ1v) is 7.56. The van der Waals surface area contributed by atoms with E-state index in [1.54, 1.807) is 13.0 Å². The lowest BCUT2D eigenvalue weighted by molar-refractivity contribution is -0.0797. The molecule has 0 unspecified atom stereocenters. The molecule has 0 spiro atoms. The molecule has 0 saturated carbocycles. The summed E-state index contributed by atoms with van der Waals surface area (Å²) in [7, 11) is 1.36. The Bertz CT molecular complexity index is 749. The van der Waals surface area contributed by atoms with E-state index in [0.717, 1.165) is 0 Å². The fourth-order valence-corrected chi connectivity index (χ4v) is 2.70. The molecule has 1 aliphatic heterocycles. The van der Waals surface area contributed by atoms with Crippen LogP contribution in [0.5, 0.6) is 5.75 Å². The van der Waals surface area contributed by atoms with Gasteiger partial charge in [-0.05, 0) is 19.1 Å². The Labute approximate surface area is 138 Å². The average molecular weight is 335 g/mol. The Hall–Kier alpha value is -2.48. The maximum absolute atomic E-state index is 14.4. The summed E-state index contributed by atoms with van der Waals surface area (Å²) in [6.45, 7) is 4.06. The highest BCUT2D eigenvalue weighted by Gasteiger charge is 2.34. The van der Waals surface area contributed by atoms with Crippen molar-refractivity contribution in [3.05, 3.63) is 41.4 Å². The first-order chi connectivity index (χ1) is 11.5. The van der Waals surface area contributed by atoms with Gasteiger partial charge in [-0.25, -0.2) is 4.39 Å². The van der Waals surface area contributed by atoms with Crippen LogP contribution in [-0.2, 0) is 4.74 Å². The third-order valence-corrected chi connectivity index (χ3v) is 3.78. The molecule has 3 rings (SSSR count). The van der Waals surface area contributed by atoms with Crippen LogP contribution in [0.2, 0.25) is 0 Å². The normalized spacial score (nSPS) is 20.9. The predicted molar refractivity (Wildman–Crippen MR) is 81.2 cm³/mol. The quantitative estimate of drug-likeness (QED) is 0.855. The van der Waals surface area contributed by atoms with Gasteiger partial charge < -0.3 is 18.8 Å². The first-order valence-electron chi connectivity index (χ1n) is 7.56. The number of carbonyl (C=O) groups excluding carboxylic acids is 1. The fourth-order valence-electron chi connectivity index (χ4n) is 2.70. The van der Waals surface area contributed by atoms with Crippen molar-refractivity contribution < 1.29 is 23.1 Å². The lowest BCUT2D eigenvalue weighted by Crippen LogP contribution is -2.46. The van der Waals surface area contributed by atoms with Crippen LogP contribution in [0, 0.1) is 12.7 Å². The van der Waals surface area contributed by atoms with Crippen LogP contribution >= 0.6 is 0 Å². The summed E-state index contributed by atoms with van der Waals surface area (Å²) in [6.07, 6.45) is -0.777. The second kappa shape index (κ2) is 6.56. The molecule has 8 heteroatoms. The van der Waals surface area contributed by atoms with Gasteiger partial charge in [0.2, 0.25) is 11.8 Å². The molecule has 2 atom stereocenters. The van der Waals surface area contributed by atoms with E-state index in [4.69, 9.17) is 13.9 Å². The Morgan fingerprint density at radius 3 is 2.83 bits per heavy atom. The number of aromatic nitrogens is 2. The molecule has 24 heavy (non-hydrogen) atoms. The van der Waals surface area contributed by atoms with Crippen molar-refractivity contribution in [1.29, 1.82) is 0 Å². The first kappa shape index (κ1) is 16.4. The standard InChI is InChI=1S/C16H18FN3O4/c1-9-7-20(8-13(23-9)15-19-18-10(2)24-15)16(21)11-5-4-6-12(22-3)14(11)17/h4-6,9,13H,7-8H2,1-3H3/t9-,13-/m1/s1. The number of amides is 1. The van der Waals surface area contributed by atoms with E-state index in [-0.39, 0.29) is 24.0 Å². The van der Waals surface area contributed by atoms with Crippen molar-refractivity contribution in [3.63, 3.8) is 0 Å². The van der Waals surface area contributed by atoms with Gasteiger partial charge in [0.25, 0.3) is 5.91 Å². The Morgan fingerprint density at radius 1 is 1.38 bits per heavy atom. The number of methoxy groups -OCH3 is 1. The molecule has 128 valence electrons. The molecule has 2 aromatic rings. The van der Waals surface area contributed by atoms with Crippen molar-refractivity contribution in [3.8, 4) is 5.75 Å². The number of hydrogen-bond donors (Lipinski definition) is 0. The van der Waals surface area contributed by atoms with Gasteiger partial charge in [-0.2, -0.15) is 0 Å². The Morgan fingerprint density at radius 2 is 2.17 bits per heavy atom. The topological polar surface area (TPSA) is 77.7 Å². The number of ether oxygens (including phenoxy) is 2. The van der Waals surface area contributed by atoms with Crippen LogP contribution in [0.3, 0.4) is 0 Å². The number of aryl methyl sites for hydroxylation is 1. The predicted octanol–water partition coefficient (Wildman–Crippen LogP) is 2.13. The van der Waals surface area contributed by atoms with Crippen molar-refractivity contribution in [1.82, 2.24) is 15.1 Å². The Balaban J connectivity index is 1.84. The van der Waals surface area contributed by atoms with Gasteiger partial charge in [0.1, 0.15) is 0 Å². The summed E-state index contributed by atoms with van der Waals surface area (Å²) in [5, 5.41) is 7.72. The molecule has 1 saturated heterocycles. The molecule has 7 nitrogen and oxygen atoms in total. The van der Waals surface area contributed by atoms with Crippen LogP contribution in [0.25, 0.3) is 0 Å². The zero-order valence-corrected chi connectivity index (χ0v) is 13.7. The second-order valence-corrected chi connectivity index (χ2v) is 5.63. The van der Waals surface area contributed by atoms with E-state index in [1.807, 2.05) is 6.92 Å². The van der Waals surface area contributed by atoms with Gasteiger partial charge in [-0.1, -0.05) is 6.07 Å². The SMILES string of the molecule is COc1cccc(C(=O)N2C[C@@H](C)O[C@@H](c3nnc(C)o3)C2)c1F. The van der Waals surface area contributed by atoms with Crippen molar-refractivity contribution in [2.75, 3.05) is 20.2 Å². The van der Waals surface area contributed by atoms with Crippen molar-refractivity contribution >= 4 is 5.91 Å². The second-order valence-electron chi connectivity index (χ2n) is 5.63. The summed E-state index contributed by atoms with van der Waals surface area (Å²) in [6, 6.07) is 4.49. The lowest BCUT2D eigenvalue weighted by Gasteiger charge is -2.35. The summed E-state index contributed by atoms with van der Waals surface area (Å²) >= 11 is 0. The van der Waals surface area contributed by atoms with Crippen LogP contribution in [0.15, 0.2) is 22.6 Å². The highest BCUT2D eigenvalue weighted by molar-refractivity contribution is 5.95. The minimum Gasteiger partial charge on any atom is -0.494 e. The smallest absolute Gasteiger partial charge is 0.257 e. The molecule has 1 aromatic heterocycles. The van der Waals surface area contributed by atoms with E-state index < -0.39 is 17.8 Å². The summed E-state index contributed by atoms with van der Waals surface area (Å²) < 4.78 is 30.4. The molecule has 1 aromatic carbocycles. The van der Waals surface area contributed by atoms with E-state index in [2.05, 4.69) is 10.2 Å². The number of halogens is 1. The fraction of sp³-hybridized carbons (Fsp3) is 0.438. The van der Waals surface area contributed by atoms with Crippen LogP contribution < -0.4 is 4.74 Å². The highest BCUT2D eigenvalue weighted by atomic mass is 19.1. The average Bonchev–Trinajstić information content (AvgIpc) is 3.00. The third-order valence-electron chi connectivity index (χ3n) is 3.78. The maximum Gasteiger partial charge on any atom is 0.257 e. The molecule has 1 aliphatic rings. The van der Waals surface area contributed by atoms with Crippen LogP contribution in [-0.4, -0.2) is 47.3 Å². The number of hydrogen-bond acceptors (Lipinski definition) is 6. The molecule has 1 amide bonds. The molecule has 1 fully saturated rings. The number of rotatable bonds is 3. The summed E-state index contributed by atoms with van der Waals surface area (Å²) in [5.74, 6) is -0.338. The van der Waals surface area contributed by atoms with Gasteiger partial charge >= 0.3 is 0 Å². The summed E-state index contributed by atoms with van der Waals surface area (Å²) in [5.41, 5.74) is -0.0380. The van der Waals surface area contributed by atoms with Crippen LogP contribution in [0.4, 0.5) is 4.39 Å². The molecule has 2 heterocycles. The number of carbonyl (C=O) groups is 1. The van der Waals surface area contributed by atoms with Crippen molar-refractivity contribution in [2.45, 2.75) is 26.1 Å². The maximum atomic E-state index is 14.4. The zero-order chi connectivity index (χ0) is 17.3. The van der Waals surface area contributed by atoms with E-state index >= 15 is 0 Å².